The summed E-state index contributed by atoms with van der Waals surface area (Å²) in [5.41, 5.74) is 6.17. The van der Waals surface area contributed by atoms with Crippen molar-refractivity contribution >= 4 is 28.4 Å². The normalized spacial score (nSPS) is 12.4. The Labute approximate surface area is 131 Å². The Morgan fingerprint density at radius 3 is 2.57 bits per heavy atom. The first-order chi connectivity index (χ1) is 9.31. The first-order valence-corrected chi connectivity index (χ1v) is 7.80. The van der Waals surface area contributed by atoms with Gasteiger partial charge in [-0.1, -0.05) is 6.07 Å². The highest BCUT2D eigenvalue weighted by Crippen LogP contribution is 2.18. The molecule has 0 bridgehead atoms. The van der Waals surface area contributed by atoms with Gasteiger partial charge in [-0.05, 0) is 38.5 Å². The topological polar surface area (TPSA) is 98.5 Å². The van der Waals surface area contributed by atoms with Crippen molar-refractivity contribution in [1.29, 1.82) is 0 Å². The van der Waals surface area contributed by atoms with Gasteiger partial charge in [0.1, 0.15) is 0 Å². The minimum absolute atomic E-state index is 0. The number of nitrogens with one attached hydrogen (secondary N) is 1. The number of carbonyl (C=O) groups is 1. The van der Waals surface area contributed by atoms with E-state index in [0.29, 0.717) is 5.56 Å². The van der Waals surface area contributed by atoms with Crippen LogP contribution in [0.3, 0.4) is 0 Å². The van der Waals surface area contributed by atoms with Crippen LogP contribution < -0.4 is 10.5 Å². The average molecular weight is 337 g/mol. The molecular weight excluding hydrogens is 316 g/mol. The molecule has 1 aromatic carbocycles. The van der Waals surface area contributed by atoms with Crippen molar-refractivity contribution in [1.82, 2.24) is 4.72 Å². The summed E-state index contributed by atoms with van der Waals surface area (Å²) in [4.78, 5) is 11.7. The second-order valence-electron chi connectivity index (χ2n) is 4.46. The highest BCUT2D eigenvalue weighted by atomic mass is 35.5. The van der Waals surface area contributed by atoms with Crippen LogP contribution >= 0.6 is 12.4 Å². The number of sulfonamides is 1. The standard InChI is InChI=1S/C13H20N2O4S.ClH/c1-4-19-13(16)11-6-5-9(2)12(7-11)20(17,18)15-10(3)8-14;/h5-7,10,15H,4,8,14H2,1-3H3;1H/t10-;/m0./s1. The molecule has 1 aromatic rings. The molecule has 0 heterocycles. The lowest BCUT2D eigenvalue weighted by Gasteiger charge is -2.14. The van der Waals surface area contributed by atoms with Gasteiger partial charge in [-0.3, -0.25) is 0 Å². The van der Waals surface area contributed by atoms with Crippen molar-refractivity contribution in [2.24, 2.45) is 5.73 Å². The fraction of sp³-hybridized carbons (Fsp3) is 0.462. The van der Waals surface area contributed by atoms with E-state index in [9.17, 15) is 13.2 Å². The highest BCUT2D eigenvalue weighted by molar-refractivity contribution is 7.89. The lowest BCUT2D eigenvalue weighted by molar-refractivity contribution is 0.0526. The molecule has 1 atom stereocenters. The molecule has 0 spiro atoms. The predicted molar refractivity (Wildman–Crippen MR) is 83.2 cm³/mol. The minimum atomic E-state index is -3.71. The van der Waals surface area contributed by atoms with Crippen molar-refractivity contribution in [3.63, 3.8) is 0 Å². The van der Waals surface area contributed by atoms with Gasteiger partial charge in [-0.15, -0.1) is 12.4 Å². The van der Waals surface area contributed by atoms with Crippen LogP contribution in [0.2, 0.25) is 0 Å². The summed E-state index contributed by atoms with van der Waals surface area (Å²) in [7, 11) is -3.71. The molecule has 0 aliphatic heterocycles. The van der Waals surface area contributed by atoms with Crippen LogP contribution in [0.25, 0.3) is 0 Å². The maximum atomic E-state index is 12.2. The molecule has 0 aliphatic carbocycles. The van der Waals surface area contributed by atoms with Crippen LogP contribution in [-0.4, -0.2) is 33.6 Å². The van der Waals surface area contributed by atoms with Crippen LogP contribution in [0, 0.1) is 6.92 Å². The van der Waals surface area contributed by atoms with Crippen molar-refractivity contribution < 1.29 is 17.9 Å². The van der Waals surface area contributed by atoms with E-state index in [-0.39, 0.29) is 42.1 Å². The second kappa shape index (κ2) is 8.33. The summed E-state index contributed by atoms with van der Waals surface area (Å²) < 4.78 is 31.8. The van der Waals surface area contributed by atoms with E-state index in [2.05, 4.69) is 4.72 Å². The van der Waals surface area contributed by atoms with Gasteiger partial charge in [0.15, 0.2) is 0 Å². The Bertz CT molecular complexity index is 590. The zero-order valence-electron chi connectivity index (χ0n) is 12.3. The number of esters is 1. The summed E-state index contributed by atoms with van der Waals surface area (Å²) in [5, 5.41) is 0. The van der Waals surface area contributed by atoms with E-state index in [1.807, 2.05) is 0 Å². The molecule has 0 radical (unpaired) electrons. The van der Waals surface area contributed by atoms with Gasteiger partial charge in [-0.2, -0.15) is 0 Å². The summed E-state index contributed by atoms with van der Waals surface area (Å²) in [6.07, 6.45) is 0. The van der Waals surface area contributed by atoms with Crippen molar-refractivity contribution in [2.75, 3.05) is 13.2 Å². The molecular formula is C13H21ClN2O4S. The molecule has 0 saturated carbocycles. The molecule has 1 rings (SSSR count). The van der Waals surface area contributed by atoms with Crippen molar-refractivity contribution in [3.8, 4) is 0 Å². The largest absolute Gasteiger partial charge is 0.462 e. The zero-order valence-corrected chi connectivity index (χ0v) is 13.9. The third-order valence-electron chi connectivity index (χ3n) is 2.70. The minimum Gasteiger partial charge on any atom is -0.462 e. The number of halogens is 1. The quantitative estimate of drug-likeness (QED) is 0.761. The third kappa shape index (κ3) is 5.28. The lowest BCUT2D eigenvalue weighted by Crippen LogP contribution is -2.38. The van der Waals surface area contributed by atoms with Crippen LogP contribution in [0.1, 0.15) is 29.8 Å². The molecule has 120 valence electrons. The van der Waals surface area contributed by atoms with Gasteiger partial charge in [0.2, 0.25) is 10.0 Å². The fourth-order valence-electron chi connectivity index (χ4n) is 1.61. The van der Waals surface area contributed by atoms with E-state index < -0.39 is 16.0 Å². The van der Waals surface area contributed by atoms with Gasteiger partial charge in [0, 0.05) is 12.6 Å². The molecule has 0 aliphatic rings. The van der Waals surface area contributed by atoms with Crippen LogP contribution in [0.15, 0.2) is 23.1 Å². The number of hydrogen-bond acceptors (Lipinski definition) is 5. The molecule has 0 fully saturated rings. The number of nitrogens with two attached hydrogens (primary N) is 1. The average Bonchev–Trinajstić information content (AvgIpc) is 2.38. The molecule has 6 nitrogen and oxygen atoms in total. The van der Waals surface area contributed by atoms with Crippen LogP contribution in [0.5, 0.6) is 0 Å². The number of hydrogen-bond donors (Lipinski definition) is 2. The Balaban J connectivity index is 0.00000400. The first-order valence-electron chi connectivity index (χ1n) is 6.32. The lowest BCUT2D eigenvalue weighted by atomic mass is 10.1. The monoisotopic (exact) mass is 336 g/mol. The van der Waals surface area contributed by atoms with E-state index in [1.54, 1.807) is 32.9 Å². The summed E-state index contributed by atoms with van der Waals surface area (Å²) in [6, 6.07) is 4.05. The molecule has 0 unspecified atom stereocenters. The van der Waals surface area contributed by atoms with Crippen molar-refractivity contribution in [2.45, 2.75) is 31.7 Å². The molecule has 21 heavy (non-hydrogen) atoms. The van der Waals surface area contributed by atoms with Crippen LogP contribution in [0.4, 0.5) is 0 Å². The fourth-order valence-corrected chi connectivity index (χ4v) is 3.13. The van der Waals surface area contributed by atoms with Gasteiger partial charge >= 0.3 is 5.97 Å². The summed E-state index contributed by atoms with van der Waals surface area (Å²) in [5.74, 6) is -0.546. The Hall–Kier alpha value is -1.15. The Morgan fingerprint density at radius 2 is 2.05 bits per heavy atom. The maximum Gasteiger partial charge on any atom is 0.338 e. The Morgan fingerprint density at radius 1 is 1.43 bits per heavy atom. The number of aryl methyl sites for hydroxylation is 1. The van der Waals surface area contributed by atoms with E-state index >= 15 is 0 Å². The number of carbonyl (C=O) groups excluding carboxylic acids is 1. The first kappa shape index (κ1) is 19.9. The van der Waals surface area contributed by atoms with Crippen LogP contribution in [-0.2, 0) is 14.8 Å². The van der Waals surface area contributed by atoms with Gasteiger partial charge in [0.25, 0.3) is 0 Å². The van der Waals surface area contributed by atoms with Gasteiger partial charge in [0.05, 0.1) is 17.1 Å². The SMILES string of the molecule is CCOC(=O)c1ccc(C)c(S(=O)(=O)N[C@@H](C)CN)c1.Cl. The summed E-state index contributed by atoms with van der Waals surface area (Å²) in [6.45, 7) is 5.44. The molecule has 8 heteroatoms. The second-order valence-corrected chi connectivity index (χ2v) is 6.14. The summed E-state index contributed by atoms with van der Waals surface area (Å²) >= 11 is 0. The van der Waals surface area contributed by atoms with Gasteiger partial charge in [-0.25, -0.2) is 17.9 Å². The third-order valence-corrected chi connectivity index (χ3v) is 4.43. The number of benzene rings is 1. The molecule has 0 aromatic heterocycles. The predicted octanol–water partition coefficient (Wildman–Crippen LogP) is 1.22. The molecule has 3 N–H and O–H groups in total. The number of rotatable bonds is 6. The molecule has 0 amide bonds. The Kier molecular flexibility index (Phi) is 7.87. The van der Waals surface area contributed by atoms with E-state index in [4.69, 9.17) is 10.5 Å². The van der Waals surface area contributed by atoms with E-state index in [0.717, 1.165) is 0 Å². The van der Waals surface area contributed by atoms with Crippen molar-refractivity contribution in [3.05, 3.63) is 29.3 Å². The highest BCUT2D eigenvalue weighted by Gasteiger charge is 2.21. The van der Waals surface area contributed by atoms with E-state index in [1.165, 1.54) is 6.07 Å². The smallest absolute Gasteiger partial charge is 0.338 e. The maximum absolute atomic E-state index is 12.2. The van der Waals surface area contributed by atoms with Gasteiger partial charge < -0.3 is 10.5 Å². The zero-order chi connectivity index (χ0) is 15.3. The number of ether oxygens (including phenoxy) is 1. The molecule has 0 saturated heterocycles.